The van der Waals surface area contributed by atoms with Gasteiger partial charge in [-0.3, -0.25) is 9.52 Å². The molecule has 0 spiro atoms. The zero-order valence-corrected chi connectivity index (χ0v) is 16.6. The van der Waals surface area contributed by atoms with E-state index in [0.717, 1.165) is 29.5 Å². The second-order valence-electron chi connectivity index (χ2n) is 6.42. The van der Waals surface area contributed by atoms with Crippen LogP contribution < -0.4 is 9.62 Å². The third kappa shape index (κ3) is 3.85. The van der Waals surface area contributed by atoms with E-state index in [2.05, 4.69) is 9.71 Å². The maximum absolute atomic E-state index is 14.0. The Kier molecular flexibility index (Phi) is 5.05. The van der Waals surface area contributed by atoms with Crippen LogP contribution in [0, 0.1) is 11.6 Å². The molecule has 1 aliphatic rings. The molecule has 0 unspecified atom stereocenters. The summed E-state index contributed by atoms with van der Waals surface area (Å²) in [6, 6.07) is 7.11. The van der Waals surface area contributed by atoms with E-state index in [1.54, 1.807) is 5.38 Å². The van der Waals surface area contributed by atoms with Crippen molar-refractivity contribution in [3.63, 3.8) is 0 Å². The number of halogens is 2. The Bertz CT molecular complexity index is 1180. The van der Waals surface area contributed by atoms with Crippen LogP contribution >= 0.6 is 11.3 Å². The van der Waals surface area contributed by atoms with Gasteiger partial charge in [-0.05, 0) is 54.8 Å². The van der Waals surface area contributed by atoms with E-state index in [-0.39, 0.29) is 15.6 Å². The molecule has 0 bridgehead atoms. The van der Waals surface area contributed by atoms with Crippen LogP contribution in [0.3, 0.4) is 0 Å². The lowest BCUT2D eigenvalue weighted by molar-refractivity contribution is 0.0980. The zero-order chi connectivity index (χ0) is 20.6. The number of carbonyl (C=O) groups is 1. The van der Waals surface area contributed by atoms with Gasteiger partial charge in [0.2, 0.25) is 0 Å². The monoisotopic (exact) mass is 435 g/mol. The summed E-state index contributed by atoms with van der Waals surface area (Å²) in [4.78, 5) is 18.1. The molecule has 150 valence electrons. The number of aromatic nitrogens is 1. The van der Waals surface area contributed by atoms with Crippen molar-refractivity contribution in [3.05, 3.63) is 70.7 Å². The third-order valence-corrected chi connectivity index (χ3v) is 6.69. The Hall–Kier alpha value is -2.85. The summed E-state index contributed by atoms with van der Waals surface area (Å²) in [5.74, 6) is -2.18. The van der Waals surface area contributed by atoms with Crippen LogP contribution in [-0.2, 0) is 16.4 Å². The molecule has 6 nitrogen and oxygen atoms in total. The van der Waals surface area contributed by atoms with Crippen molar-refractivity contribution in [3.8, 4) is 0 Å². The average molecular weight is 435 g/mol. The lowest BCUT2D eigenvalue weighted by Gasteiger charge is -2.30. The van der Waals surface area contributed by atoms with E-state index in [1.807, 2.05) is 0 Å². The highest BCUT2D eigenvalue weighted by Crippen LogP contribution is 2.31. The number of rotatable bonds is 4. The van der Waals surface area contributed by atoms with Gasteiger partial charge in [-0.25, -0.2) is 22.2 Å². The Morgan fingerprint density at radius 1 is 1.17 bits per heavy atom. The number of fused-ring (bicyclic) bond motifs is 1. The van der Waals surface area contributed by atoms with E-state index in [9.17, 15) is 22.0 Å². The Balaban J connectivity index is 1.67. The number of nitrogens with zero attached hydrogens (tertiary/aromatic N) is 2. The molecule has 0 saturated heterocycles. The third-order valence-electron chi connectivity index (χ3n) is 4.54. The first-order valence-corrected chi connectivity index (χ1v) is 11.0. The van der Waals surface area contributed by atoms with Crippen molar-refractivity contribution in [2.75, 3.05) is 16.2 Å². The Morgan fingerprint density at radius 3 is 2.76 bits per heavy atom. The lowest BCUT2D eigenvalue weighted by atomic mass is 10.0. The van der Waals surface area contributed by atoms with Crippen molar-refractivity contribution < 1.29 is 22.0 Å². The number of hydrogen-bond donors (Lipinski definition) is 1. The number of aryl methyl sites for hydroxylation is 1. The first-order valence-electron chi connectivity index (χ1n) is 8.67. The van der Waals surface area contributed by atoms with E-state index in [0.29, 0.717) is 30.6 Å². The molecule has 0 saturated carbocycles. The summed E-state index contributed by atoms with van der Waals surface area (Å²) >= 11 is 1.16. The molecule has 10 heteroatoms. The van der Waals surface area contributed by atoms with Crippen LogP contribution in [0.2, 0.25) is 0 Å². The van der Waals surface area contributed by atoms with Crippen LogP contribution in [0.25, 0.3) is 0 Å². The van der Waals surface area contributed by atoms with Crippen LogP contribution in [0.5, 0.6) is 0 Å². The molecule has 4 rings (SSSR count). The van der Waals surface area contributed by atoms with Gasteiger partial charge in [0.05, 0.1) is 10.5 Å². The maximum Gasteiger partial charge on any atom is 0.263 e. The fourth-order valence-corrected chi connectivity index (χ4v) is 5.05. The zero-order valence-electron chi connectivity index (χ0n) is 14.9. The fraction of sp³-hybridized carbons (Fsp3) is 0.158. The summed E-state index contributed by atoms with van der Waals surface area (Å²) in [6.45, 7) is 0.325. The molecule has 1 aliphatic heterocycles. The molecular formula is C19H15F2N3O3S2. The lowest BCUT2D eigenvalue weighted by Crippen LogP contribution is -2.36. The van der Waals surface area contributed by atoms with Crippen molar-refractivity contribution in [2.24, 2.45) is 0 Å². The van der Waals surface area contributed by atoms with Gasteiger partial charge < -0.3 is 4.90 Å². The number of carbonyl (C=O) groups excluding carboxylic acids is 1. The van der Waals surface area contributed by atoms with Gasteiger partial charge in [0, 0.05) is 23.8 Å². The number of thiazole rings is 1. The van der Waals surface area contributed by atoms with Gasteiger partial charge >= 0.3 is 0 Å². The van der Waals surface area contributed by atoms with Crippen molar-refractivity contribution >= 4 is 38.1 Å². The molecule has 0 atom stereocenters. The number of sulfonamides is 1. The number of hydrogen-bond acceptors (Lipinski definition) is 5. The Labute approximate surface area is 169 Å². The average Bonchev–Trinajstić information content (AvgIpc) is 3.20. The molecule has 0 radical (unpaired) electrons. The van der Waals surface area contributed by atoms with Crippen LogP contribution in [0.15, 0.2) is 52.9 Å². The van der Waals surface area contributed by atoms with E-state index < -0.39 is 27.6 Å². The first-order chi connectivity index (χ1) is 13.8. The van der Waals surface area contributed by atoms with Gasteiger partial charge in [-0.2, -0.15) is 0 Å². The molecule has 1 aromatic heterocycles. The number of nitrogens with one attached hydrogen (secondary N) is 1. The highest BCUT2D eigenvalue weighted by atomic mass is 32.2. The predicted molar refractivity (Wildman–Crippen MR) is 106 cm³/mol. The Morgan fingerprint density at radius 2 is 2.00 bits per heavy atom. The SMILES string of the molecule is O=C(c1cc(F)ccc1F)N1CCCc2cc(S(=O)(=O)Nc3nccs3)ccc21. The minimum Gasteiger partial charge on any atom is -0.308 e. The highest BCUT2D eigenvalue weighted by molar-refractivity contribution is 7.93. The topological polar surface area (TPSA) is 79.4 Å². The summed E-state index contributed by atoms with van der Waals surface area (Å²) in [6.07, 6.45) is 2.62. The molecule has 1 amide bonds. The molecule has 3 aromatic rings. The summed E-state index contributed by atoms with van der Waals surface area (Å²) < 4.78 is 55.1. The highest BCUT2D eigenvalue weighted by Gasteiger charge is 2.27. The molecule has 0 aliphatic carbocycles. The van der Waals surface area contributed by atoms with Crippen molar-refractivity contribution in [2.45, 2.75) is 17.7 Å². The smallest absolute Gasteiger partial charge is 0.263 e. The van der Waals surface area contributed by atoms with Gasteiger partial charge in [0.15, 0.2) is 5.13 Å². The molecular weight excluding hydrogens is 420 g/mol. The van der Waals surface area contributed by atoms with Gasteiger partial charge in [-0.15, -0.1) is 11.3 Å². The number of amides is 1. The van der Waals surface area contributed by atoms with Crippen LogP contribution in [0.4, 0.5) is 19.6 Å². The van der Waals surface area contributed by atoms with Crippen molar-refractivity contribution in [1.82, 2.24) is 4.98 Å². The van der Waals surface area contributed by atoms with Gasteiger partial charge in [0.25, 0.3) is 15.9 Å². The molecule has 29 heavy (non-hydrogen) atoms. The minimum atomic E-state index is -3.83. The van der Waals surface area contributed by atoms with Crippen LogP contribution in [-0.4, -0.2) is 25.9 Å². The predicted octanol–water partition coefficient (Wildman–Crippen LogP) is 3.82. The van der Waals surface area contributed by atoms with E-state index in [4.69, 9.17) is 0 Å². The summed E-state index contributed by atoms with van der Waals surface area (Å²) in [5, 5.41) is 1.90. The van der Waals surface area contributed by atoms with E-state index >= 15 is 0 Å². The number of anilines is 2. The first kappa shape index (κ1) is 19.5. The second-order valence-corrected chi connectivity index (χ2v) is 8.99. The minimum absolute atomic E-state index is 0.0395. The second kappa shape index (κ2) is 7.53. The van der Waals surface area contributed by atoms with Gasteiger partial charge in [-0.1, -0.05) is 0 Å². The number of benzene rings is 2. The quantitative estimate of drug-likeness (QED) is 0.676. The van der Waals surface area contributed by atoms with Crippen molar-refractivity contribution in [1.29, 1.82) is 0 Å². The molecule has 2 heterocycles. The van der Waals surface area contributed by atoms with Crippen LogP contribution in [0.1, 0.15) is 22.3 Å². The molecule has 0 fully saturated rings. The maximum atomic E-state index is 14.0. The normalized spacial score (nSPS) is 13.8. The summed E-state index contributed by atoms with van der Waals surface area (Å²) in [7, 11) is -3.83. The standard InChI is InChI=1S/C19H15F2N3O3S2/c20-13-3-5-16(21)15(11-13)18(25)24-8-1-2-12-10-14(4-6-17(12)24)29(26,27)23-19-22-7-9-28-19/h3-7,9-11H,1-2,8H2,(H,22,23). The molecule has 2 aromatic carbocycles. The molecule has 1 N–H and O–H groups in total. The van der Waals surface area contributed by atoms with Gasteiger partial charge in [0.1, 0.15) is 11.6 Å². The largest absolute Gasteiger partial charge is 0.308 e. The van der Waals surface area contributed by atoms with E-state index in [1.165, 1.54) is 29.3 Å². The summed E-state index contributed by atoms with van der Waals surface area (Å²) in [5.41, 5.74) is 0.765. The fourth-order valence-electron chi connectivity index (χ4n) is 3.21.